The van der Waals surface area contributed by atoms with Crippen LogP contribution >= 0.6 is 11.3 Å². The van der Waals surface area contributed by atoms with Crippen LogP contribution in [-0.2, 0) is 24.5 Å². The number of hydrogen-bond donors (Lipinski definition) is 1. The molecule has 8 nitrogen and oxygen atoms in total. The molecule has 174 valence electrons. The number of ether oxygens (including phenoxy) is 1. The van der Waals surface area contributed by atoms with E-state index in [1.165, 1.54) is 13.1 Å². The van der Waals surface area contributed by atoms with Gasteiger partial charge >= 0.3 is 6.18 Å². The van der Waals surface area contributed by atoms with E-state index >= 15 is 0 Å². The number of rotatable bonds is 5. The molecule has 4 heterocycles. The van der Waals surface area contributed by atoms with E-state index in [-0.39, 0.29) is 15.1 Å². The number of halogens is 3. The summed E-state index contributed by atoms with van der Waals surface area (Å²) in [4.78, 5) is 20.3. The highest BCUT2D eigenvalue weighted by Crippen LogP contribution is 2.37. The first-order chi connectivity index (χ1) is 15.8. The van der Waals surface area contributed by atoms with E-state index < -0.39 is 17.8 Å². The standard InChI is InChI=1S/C21H21F3N6O2S/c1-28-19-13(17(27-28)21(22,23)24)12-16(33-19)18(31)26-20-25-14-4-2-3-5-15(14)30(20)7-6-29-8-10-32-11-9-29/h2-5,12H,6-11H2,1H3,(H,25,26,31). The van der Waals surface area contributed by atoms with Crippen LogP contribution in [0.3, 0.4) is 0 Å². The van der Waals surface area contributed by atoms with E-state index in [0.29, 0.717) is 25.7 Å². The number of alkyl halides is 3. The van der Waals surface area contributed by atoms with Gasteiger partial charge in [-0.15, -0.1) is 11.3 Å². The fourth-order valence-corrected chi connectivity index (χ4v) is 4.96. The lowest BCUT2D eigenvalue weighted by Gasteiger charge is -2.26. The van der Waals surface area contributed by atoms with Crippen molar-refractivity contribution in [3.63, 3.8) is 0 Å². The van der Waals surface area contributed by atoms with Gasteiger partial charge in [-0.1, -0.05) is 12.1 Å². The Balaban J connectivity index is 1.43. The lowest BCUT2D eigenvalue weighted by Crippen LogP contribution is -2.38. The number of carbonyl (C=O) groups is 1. The van der Waals surface area contributed by atoms with Crippen molar-refractivity contribution in [3.8, 4) is 0 Å². The number of aromatic nitrogens is 4. The summed E-state index contributed by atoms with van der Waals surface area (Å²) in [5.74, 6) is -0.145. The van der Waals surface area contributed by atoms with Gasteiger partial charge in [0.15, 0.2) is 5.69 Å². The molecule has 0 saturated carbocycles. The van der Waals surface area contributed by atoms with Gasteiger partial charge in [0.1, 0.15) is 4.83 Å². The smallest absolute Gasteiger partial charge is 0.379 e. The fourth-order valence-electron chi connectivity index (χ4n) is 3.99. The van der Waals surface area contributed by atoms with Crippen LogP contribution in [0.15, 0.2) is 30.3 Å². The molecule has 1 fully saturated rings. The Labute approximate surface area is 190 Å². The molecule has 0 atom stereocenters. The molecule has 5 rings (SSSR count). The largest absolute Gasteiger partial charge is 0.435 e. The molecule has 1 saturated heterocycles. The summed E-state index contributed by atoms with van der Waals surface area (Å²) in [6.07, 6.45) is -4.60. The highest BCUT2D eigenvalue weighted by Gasteiger charge is 2.37. The molecular weight excluding hydrogens is 457 g/mol. The molecule has 0 radical (unpaired) electrons. The number of nitrogens with zero attached hydrogens (tertiary/aromatic N) is 5. The minimum Gasteiger partial charge on any atom is -0.379 e. The average molecular weight is 479 g/mol. The van der Waals surface area contributed by atoms with Crippen LogP contribution in [0.4, 0.5) is 19.1 Å². The number of benzene rings is 1. The van der Waals surface area contributed by atoms with Crippen molar-refractivity contribution in [2.75, 3.05) is 38.2 Å². The van der Waals surface area contributed by atoms with E-state index in [9.17, 15) is 18.0 Å². The molecule has 1 aliphatic heterocycles. The summed E-state index contributed by atoms with van der Waals surface area (Å²) in [6.45, 7) is 4.42. The Kier molecular flexibility index (Phi) is 5.59. The summed E-state index contributed by atoms with van der Waals surface area (Å²) in [5, 5.41) is 6.28. The van der Waals surface area contributed by atoms with E-state index in [1.54, 1.807) is 0 Å². The Hall–Kier alpha value is -2.96. The van der Waals surface area contributed by atoms with E-state index in [4.69, 9.17) is 4.74 Å². The lowest BCUT2D eigenvalue weighted by molar-refractivity contribution is -0.140. The lowest BCUT2D eigenvalue weighted by atomic mass is 10.3. The van der Waals surface area contributed by atoms with Crippen molar-refractivity contribution >= 4 is 44.4 Å². The van der Waals surface area contributed by atoms with Crippen molar-refractivity contribution in [2.45, 2.75) is 12.7 Å². The predicted octanol–water partition coefficient (Wildman–Crippen LogP) is 3.59. The van der Waals surface area contributed by atoms with E-state index in [1.807, 2.05) is 28.8 Å². The number of amides is 1. The topological polar surface area (TPSA) is 77.2 Å². The van der Waals surface area contributed by atoms with Crippen LogP contribution < -0.4 is 5.32 Å². The predicted molar refractivity (Wildman–Crippen MR) is 119 cm³/mol. The van der Waals surface area contributed by atoms with Gasteiger partial charge in [0.05, 0.1) is 29.1 Å². The Bertz CT molecular complexity index is 1320. The van der Waals surface area contributed by atoms with E-state index in [0.717, 1.165) is 46.7 Å². The molecule has 1 aromatic carbocycles. The molecule has 33 heavy (non-hydrogen) atoms. The summed E-state index contributed by atoms with van der Waals surface area (Å²) in [6, 6.07) is 8.80. The molecule has 12 heteroatoms. The van der Waals surface area contributed by atoms with Crippen LogP contribution in [-0.4, -0.2) is 63.0 Å². The number of hydrogen-bond acceptors (Lipinski definition) is 6. The zero-order valence-electron chi connectivity index (χ0n) is 17.7. The van der Waals surface area contributed by atoms with Gasteiger partial charge in [0, 0.05) is 38.6 Å². The van der Waals surface area contributed by atoms with Gasteiger partial charge in [-0.2, -0.15) is 18.3 Å². The summed E-state index contributed by atoms with van der Waals surface area (Å²) >= 11 is 0.966. The van der Waals surface area contributed by atoms with E-state index in [2.05, 4.69) is 20.3 Å². The molecule has 0 unspecified atom stereocenters. The van der Waals surface area contributed by atoms with Crippen LogP contribution in [0.25, 0.3) is 21.3 Å². The number of anilines is 1. The third-order valence-corrected chi connectivity index (χ3v) is 6.83. The highest BCUT2D eigenvalue weighted by molar-refractivity contribution is 7.20. The second-order valence-corrected chi connectivity index (χ2v) is 8.81. The van der Waals surface area contributed by atoms with Gasteiger partial charge in [-0.05, 0) is 18.2 Å². The normalized spacial score (nSPS) is 15.5. The first-order valence-corrected chi connectivity index (χ1v) is 11.2. The summed E-state index contributed by atoms with van der Waals surface area (Å²) in [7, 11) is 1.43. The quantitative estimate of drug-likeness (QED) is 0.475. The number of fused-ring (bicyclic) bond motifs is 2. The second kappa shape index (κ2) is 8.43. The Morgan fingerprint density at radius 2 is 1.97 bits per heavy atom. The van der Waals surface area contributed by atoms with Crippen molar-refractivity contribution in [1.82, 2.24) is 24.2 Å². The number of nitrogens with one attached hydrogen (secondary N) is 1. The maximum atomic E-state index is 13.3. The highest BCUT2D eigenvalue weighted by atomic mass is 32.1. The molecule has 1 aliphatic rings. The number of para-hydroxylation sites is 2. The molecule has 1 N–H and O–H groups in total. The number of carbonyl (C=O) groups excluding carboxylic acids is 1. The number of thiophene rings is 1. The molecule has 0 spiro atoms. The van der Waals surface area contributed by atoms with Gasteiger partial charge in [-0.25, -0.2) is 4.98 Å². The minimum absolute atomic E-state index is 0.0824. The van der Waals surface area contributed by atoms with Crippen molar-refractivity contribution in [3.05, 3.63) is 40.9 Å². The van der Waals surface area contributed by atoms with Crippen LogP contribution in [0.2, 0.25) is 0 Å². The monoisotopic (exact) mass is 478 g/mol. The third kappa shape index (κ3) is 4.21. The molecule has 0 bridgehead atoms. The van der Waals surface area contributed by atoms with Crippen molar-refractivity contribution in [2.24, 2.45) is 7.05 Å². The number of aryl methyl sites for hydroxylation is 1. The van der Waals surface area contributed by atoms with Gasteiger partial charge in [0.25, 0.3) is 5.91 Å². The summed E-state index contributed by atoms with van der Waals surface area (Å²) in [5.41, 5.74) is 0.615. The SMILES string of the molecule is Cn1nc(C(F)(F)F)c2cc(C(=O)Nc3nc4ccccc4n3CCN3CCOCC3)sc21. The maximum absolute atomic E-state index is 13.3. The molecule has 4 aromatic rings. The zero-order chi connectivity index (χ0) is 23.2. The van der Waals surface area contributed by atoms with Crippen molar-refractivity contribution < 1.29 is 22.7 Å². The van der Waals surface area contributed by atoms with Crippen LogP contribution in [0, 0.1) is 0 Å². The second-order valence-electron chi connectivity index (χ2n) is 7.78. The fraction of sp³-hybridized carbons (Fsp3) is 0.381. The number of morpholine rings is 1. The van der Waals surface area contributed by atoms with Gasteiger partial charge in [0.2, 0.25) is 5.95 Å². The first-order valence-electron chi connectivity index (χ1n) is 10.4. The number of imidazole rings is 1. The molecular formula is C21H21F3N6O2S. The van der Waals surface area contributed by atoms with Crippen LogP contribution in [0.1, 0.15) is 15.4 Å². The zero-order valence-corrected chi connectivity index (χ0v) is 18.5. The third-order valence-electron chi connectivity index (χ3n) is 5.63. The maximum Gasteiger partial charge on any atom is 0.435 e. The van der Waals surface area contributed by atoms with Gasteiger partial charge < -0.3 is 9.30 Å². The Morgan fingerprint density at radius 1 is 1.21 bits per heavy atom. The molecule has 3 aromatic heterocycles. The average Bonchev–Trinajstić information content (AvgIpc) is 3.45. The summed E-state index contributed by atoms with van der Waals surface area (Å²) < 4.78 is 48.4. The van der Waals surface area contributed by atoms with Crippen LogP contribution in [0.5, 0.6) is 0 Å². The first kappa shape index (κ1) is 21.9. The van der Waals surface area contributed by atoms with Crippen molar-refractivity contribution in [1.29, 1.82) is 0 Å². The minimum atomic E-state index is -4.60. The van der Waals surface area contributed by atoms with Gasteiger partial charge in [-0.3, -0.25) is 19.7 Å². The Morgan fingerprint density at radius 3 is 2.73 bits per heavy atom. The molecule has 0 aliphatic carbocycles. The molecule has 1 amide bonds.